The Morgan fingerprint density at radius 2 is 1.69 bits per heavy atom. The minimum atomic E-state index is -3.40. The molecule has 3 aromatic rings. The van der Waals surface area contributed by atoms with Crippen molar-refractivity contribution in [3.63, 3.8) is 0 Å². The summed E-state index contributed by atoms with van der Waals surface area (Å²) in [4.78, 5) is 24.6. The minimum absolute atomic E-state index is 0.0550. The fourth-order valence-corrected chi connectivity index (χ4v) is 4.18. The molecule has 0 spiro atoms. The Bertz CT molecular complexity index is 1230. The van der Waals surface area contributed by atoms with E-state index >= 15 is 0 Å². The van der Waals surface area contributed by atoms with Crippen LogP contribution in [0, 0.1) is 12.7 Å². The van der Waals surface area contributed by atoms with E-state index < -0.39 is 27.4 Å². The number of halogens is 1. The number of hydrogen-bond donors (Lipinski definition) is 1. The second-order valence-corrected chi connectivity index (χ2v) is 9.01. The first-order chi connectivity index (χ1) is 13.6. The highest BCUT2D eigenvalue weighted by atomic mass is 32.2. The number of hydrogen-bond acceptors (Lipinski definition) is 4. The summed E-state index contributed by atoms with van der Waals surface area (Å²) in [6.07, 6.45) is -0.271. The van der Waals surface area contributed by atoms with Crippen LogP contribution < -0.4 is 0 Å². The van der Waals surface area contributed by atoms with Crippen molar-refractivity contribution < 1.29 is 27.5 Å². The number of carboxylic acid groups (broad SMARTS) is 1. The quantitative estimate of drug-likeness (QED) is 0.617. The van der Waals surface area contributed by atoms with Crippen LogP contribution in [-0.2, 0) is 21.1 Å². The molecule has 3 rings (SSSR count). The van der Waals surface area contributed by atoms with Gasteiger partial charge in [-0.2, -0.15) is 0 Å². The van der Waals surface area contributed by atoms with E-state index in [1.165, 1.54) is 49.4 Å². The van der Waals surface area contributed by atoms with Crippen LogP contribution in [0.3, 0.4) is 0 Å². The highest BCUT2D eigenvalue weighted by molar-refractivity contribution is 7.91. The molecule has 0 atom stereocenters. The molecule has 150 valence electrons. The van der Waals surface area contributed by atoms with Gasteiger partial charge in [0, 0.05) is 11.1 Å². The molecular weight excluding hydrogens is 395 g/mol. The van der Waals surface area contributed by atoms with Crippen molar-refractivity contribution in [3.05, 3.63) is 76.6 Å². The van der Waals surface area contributed by atoms with Crippen LogP contribution in [0.5, 0.6) is 0 Å². The van der Waals surface area contributed by atoms with Gasteiger partial charge in [-0.15, -0.1) is 0 Å². The zero-order chi connectivity index (χ0) is 21.3. The van der Waals surface area contributed by atoms with Crippen molar-refractivity contribution in [2.75, 3.05) is 5.75 Å². The third kappa shape index (κ3) is 4.05. The summed E-state index contributed by atoms with van der Waals surface area (Å²) in [5.74, 6) is -2.03. The molecule has 7 heteroatoms. The van der Waals surface area contributed by atoms with E-state index in [9.17, 15) is 27.5 Å². The topological polar surface area (TPSA) is 88.5 Å². The Morgan fingerprint density at radius 3 is 2.28 bits per heavy atom. The summed E-state index contributed by atoms with van der Waals surface area (Å²) in [6, 6.07) is 11.2. The first-order valence-electron chi connectivity index (χ1n) is 8.95. The van der Waals surface area contributed by atoms with Crippen LogP contribution in [0.25, 0.3) is 10.8 Å². The maximum atomic E-state index is 13.9. The van der Waals surface area contributed by atoms with Crippen LogP contribution in [0.2, 0.25) is 0 Å². The number of benzene rings is 3. The maximum absolute atomic E-state index is 13.9. The molecule has 0 unspecified atom stereocenters. The molecule has 5 nitrogen and oxygen atoms in total. The predicted octanol–water partition coefficient (Wildman–Crippen LogP) is 3.94. The van der Waals surface area contributed by atoms with Crippen LogP contribution in [-0.4, -0.2) is 31.0 Å². The van der Waals surface area contributed by atoms with Crippen LogP contribution in [0.4, 0.5) is 4.39 Å². The summed E-state index contributed by atoms with van der Waals surface area (Å²) < 4.78 is 37.8. The molecule has 0 heterocycles. The normalized spacial score (nSPS) is 11.6. The number of carbonyl (C=O) groups is 2. The molecule has 3 aromatic carbocycles. The molecule has 0 saturated heterocycles. The lowest BCUT2D eigenvalue weighted by atomic mass is 9.89. The van der Waals surface area contributed by atoms with Gasteiger partial charge in [0.1, 0.15) is 5.82 Å². The molecule has 0 aliphatic heterocycles. The van der Waals surface area contributed by atoms with Gasteiger partial charge >= 0.3 is 5.97 Å². The number of aliphatic carboxylic acids is 1. The third-order valence-electron chi connectivity index (χ3n) is 4.90. The second kappa shape index (κ2) is 7.75. The number of ketones is 1. The van der Waals surface area contributed by atoms with Crippen molar-refractivity contribution >= 4 is 32.4 Å². The van der Waals surface area contributed by atoms with E-state index in [1.54, 1.807) is 13.0 Å². The maximum Gasteiger partial charge on any atom is 0.307 e. The Hall–Kier alpha value is -3.06. The lowest BCUT2D eigenvalue weighted by Crippen LogP contribution is -2.10. The van der Waals surface area contributed by atoms with Crippen LogP contribution in [0.1, 0.15) is 34.0 Å². The van der Waals surface area contributed by atoms with Crippen LogP contribution in [0.15, 0.2) is 53.4 Å². The Morgan fingerprint density at radius 1 is 1.03 bits per heavy atom. The molecule has 0 fully saturated rings. The Kier molecular flexibility index (Phi) is 5.53. The average molecular weight is 414 g/mol. The summed E-state index contributed by atoms with van der Waals surface area (Å²) in [7, 11) is -3.40. The summed E-state index contributed by atoms with van der Waals surface area (Å²) in [5, 5.41) is 10.1. The van der Waals surface area contributed by atoms with Crippen molar-refractivity contribution in [1.29, 1.82) is 0 Å². The molecule has 0 aromatic heterocycles. The molecule has 0 aliphatic carbocycles. The molecule has 0 radical (unpaired) electrons. The van der Waals surface area contributed by atoms with Gasteiger partial charge in [-0.1, -0.05) is 19.1 Å². The largest absolute Gasteiger partial charge is 0.481 e. The first-order valence-corrected chi connectivity index (χ1v) is 10.6. The van der Waals surface area contributed by atoms with Gasteiger partial charge < -0.3 is 5.11 Å². The molecule has 29 heavy (non-hydrogen) atoms. The molecule has 0 bridgehead atoms. The second-order valence-electron chi connectivity index (χ2n) is 6.73. The monoisotopic (exact) mass is 414 g/mol. The van der Waals surface area contributed by atoms with E-state index in [0.717, 1.165) is 0 Å². The van der Waals surface area contributed by atoms with Crippen molar-refractivity contribution in [2.24, 2.45) is 0 Å². The zero-order valence-corrected chi connectivity index (χ0v) is 16.7. The predicted molar refractivity (Wildman–Crippen MR) is 108 cm³/mol. The molecular formula is C22H19FO5S. The third-order valence-corrected chi connectivity index (χ3v) is 6.65. The van der Waals surface area contributed by atoms with Gasteiger partial charge in [0.05, 0.1) is 17.1 Å². The van der Waals surface area contributed by atoms with Gasteiger partial charge in [0.2, 0.25) is 0 Å². The number of fused-ring (bicyclic) bond motifs is 1. The van der Waals surface area contributed by atoms with Gasteiger partial charge in [0.25, 0.3) is 0 Å². The first kappa shape index (κ1) is 20.7. The molecule has 0 saturated carbocycles. The van der Waals surface area contributed by atoms with E-state index in [1.807, 2.05) is 0 Å². The Balaban J connectivity index is 2.19. The molecule has 0 aliphatic rings. The number of carboxylic acids is 1. The fraction of sp³-hybridized carbons (Fsp3) is 0.182. The van der Waals surface area contributed by atoms with Crippen molar-refractivity contribution in [3.8, 4) is 0 Å². The van der Waals surface area contributed by atoms with Gasteiger partial charge in [-0.25, -0.2) is 12.8 Å². The van der Waals surface area contributed by atoms with Gasteiger partial charge in [-0.3, -0.25) is 9.59 Å². The number of rotatable bonds is 6. The minimum Gasteiger partial charge on any atom is -0.481 e. The smallest absolute Gasteiger partial charge is 0.307 e. The molecule has 0 amide bonds. The van der Waals surface area contributed by atoms with E-state index in [-0.39, 0.29) is 28.2 Å². The highest BCUT2D eigenvalue weighted by Gasteiger charge is 2.21. The van der Waals surface area contributed by atoms with Gasteiger partial charge in [-0.05, 0) is 65.2 Å². The lowest BCUT2D eigenvalue weighted by Gasteiger charge is -2.14. The zero-order valence-electron chi connectivity index (χ0n) is 15.9. The standard InChI is InChI=1S/C22H19FO5S/c1-3-29(27,28)18-8-5-14(6-9-18)22(26)21-13(2)16(11-20(24)25)10-15-4-7-17(23)12-19(15)21/h4-10,12H,3,11H2,1-2H3,(H,24,25). The molecule has 1 N–H and O–H groups in total. The number of sulfone groups is 1. The fourth-order valence-electron chi connectivity index (χ4n) is 3.29. The summed E-state index contributed by atoms with van der Waals surface area (Å²) in [5.41, 5.74) is 1.37. The Labute approximate surface area is 167 Å². The average Bonchev–Trinajstić information content (AvgIpc) is 2.68. The number of carbonyl (C=O) groups excluding carboxylic acids is 1. The van der Waals surface area contributed by atoms with Crippen LogP contribution >= 0.6 is 0 Å². The van der Waals surface area contributed by atoms with E-state index in [0.29, 0.717) is 21.9 Å². The van der Waals surface area contributed by atoms with Gasteiger partial charge in [0.15, 0.2) is 15.6 Å². The summed E-state index contributed by atoms with van der Waals surface area (Å²) >= 11 is 0. The van der Waals surface area contributed by atoms with E-state index in [4.69, 9.17) is 0 Å². The SMILES string of the molecule is CCS(=O)(=O)c1ccc(C(=O)c2c(C)c(CC(=O)O)cc3ccc(F)cc23)cc1. The highest BCUT2D eigenvalue weighted by Crippen LogP contribution is 2.29. The van der Waals surface area contributed by atoms with Crippen molar-refractivity contribution in [1.82, 2.24) is 0 Å². The summed E-state index contributed by atoms with van der Waals surface area (Å²) in [6.45, 7) is 3.16. The van der Waals surface area contributed by atoms with E-state index in [2.05, 4.69) is 0 Å². The van der Waals surface area contributed by atoms with Crippen molar-refractivity contribution in [2.45, 2.75) is 25.2 Å². The lowest BCUT2D eigenvalue weighted by molar-refractivity contribution is -0.136.